The first-order chi connectivity index (χ1) is 9.56. The van der Waals surface area contributed by atoms with E-state index < -0.39 is 10.0 Å². The van der Waals surface area contributed by atoms with Crippen LogP contribution in [-0.2, 0) is 16.6 Å². The predicted octanol–water partition coefficient (Wildman–Crippen LogP) is 2.11. The number of hydrogen-bond acceptors (Lipinski definition) is 5. The minimum atomic E-state index is -3.61. The summed E-state index contributed by atoms with van der Waals surface area (Å²) in [4.78, 5) is 0.364. The summed E-state index contributed by atoms with van der Waals surface area (Å²) in [6.07, 6.45) is 0. The van der Waals surface area contributed by atoms with Crippen molar-refractivity contribution in [3.05, 3.63) is 46.8 Å². The average molecular weight is 308 g/mol. The lowest BCUT2D eigenvalue weighted by Crippen LogP contribution is -2.22. The summed E-state index contributed by atoms with van der Waals surface area (Å²) in [7, 11) is -2.08. The van der Waals surface area contributed by atoms with Crippen LogP contribution < -0.4 is 9.46 Å². The Hall–Kier alpha value is -1.88. The maximum atomic E-state index is 12.1. The second-order valence-electron chi connectivity index (χ2n) is 3.87. The highest BCUT2D eigenvalue weighted by atomic mass is 32.2. The molecule has 0 bridgehead atoms. The molecule has 0 aliphatic rings. The summed E-state index contributed by atoms with van der Waals surface area (Å²) in [5.41, 5.74) is 0.746. The SMILES string of the molecule is COc1ccccc1CNS(=O)(=O)c1ccc(C#N)s1. The van der Waals surface area contributed by atoms with Gasteiger partial charge in [0, 0.05) is 12.1 Å². The number of sulfonamides is 1. The Morgan fingerprint density at radius 2 is 2.05 bits per heavy atom. The summed E-state index contributed by atoms with van der Waals surface area (Å²) >= 11 is 0.942. The minimum absolute atomic E-state index is 0.129. The highest BCUT2D eigenvalue weighted by Gasteiger charge is 2.17. The fraction of sp³-hybridized carbons (Fsp3) is 0.154. The van der Waals surface area contributed by atoms with Gasteiger partial charge in [0.15, 0.2) is 0 Å². The van der Waals surface area contributed by atoms with Crippen LogP contribution in [0.4, 0.5) is 0 Å². The van der Waals surface area contributed by atoms with Crippen molar-refractivity contribution < 1.29 is 13.2 Å². The quantitative estimate of drug-likeness (QED) is 0.917. The lowest BCUT2D eigenvalue weighted by Gasteiger charge is -2.09. The molecule has 1 aromatic carbocycles. The molecular weight excluding hydrogens is 296 g/mol. The number of rotatable bonds is 5. The third-order valence-electron chi connectivity index (χ3n) is 2.60. The number of benzene rings is 1. The van der Waals surface area contributed by atoms with Crippen LogP contribution in [0.3, 0.4) is 0 Å². The molecule has 0 aliphatic heterocycles. The minimum Gasteiger partial charge on any atom is -0.496 e. The van der Waals surface area contributed by atoms with E-state index in [0.29, 0.717) is 10.6 Å². The Labute approximate surface area is 121 Å². The third-order valence-corrected chi connectivity index (χ3v) is 5.48. The lowest BCUT2D eigenvalue weighted by molar-refractivity contribution is 0.409. The number of nitriles is 1. The first-order valence-electron chi connectivity index (χ1n) is 5.68. The van der Waals surface area contributed by atoms with Crippen LogP contribution in [0.2, 0.25) is 0 Å². The van der Waals surface area contributed by atoms with Gasteiger partial charge in [-0.3, -0.25) is 0 Å². The molecule has 0 spiro atoms. The van der Waals surface area contributed by atoms with Crippen molar-refractivity contribution in [1.82, 2.24) is 4.72 Å². The zero-order valence-corrected chi connectivity index (χ0v) is 12.3. The van der Waals surface area contributed by atoms with Crippen LogP contribution in [-0.4, -0.2) is 15.5 Å². The van der Waals surface area contributed by atoms with Crippen LogP contribution in [0.5, 0.6) is 5.75 Å². The van der Waals surface area contributed by atoms with Gasteiger partial charge in [0.25, 0.3) is 0 Å². The molecule has 1 aromatic heterocycles. The molecule has 104 valence electrons. The highest BCUT2D eigenvalue weighted by Crippen LogP contribution is 2.22. The van der Waals surface area contributed by atoms with Gasteiger partial charge in [0.1, 0.15) is 20.9 Å². The van der Waals surface area contributed by atoms with E-state index in [0.717, 1.165) is 16.9 Å². The van der Waals surface area contributed by atoms with Crippen molar-refractivity contribution in [2.75, 3.05) is 7.11 Å². The summed E-state index contributed by atoms with van der Waals surface area (Å²) in [5.74, 6) is 0.624. The van der Waals surface area contributed by atoms with Crippen molar-refractivity contribution in [3.63, 3.8) is 0 Å². The van der Waals surface area contributed by atoms with Gasteiger partial charge in [-0.15, -0.1) is 11.3 Å². The van der Waals surface area contributed by atoms with Crippen molar-refractivity contribution in [2.45, 2.75) is 10.8 Å². The smallest absolute Gasteiger partial charge is 0.250 e. The Morgan fingerprint density at radius 3 is 2.70 bits per heavy atom. The van der Waals surface area contributed by atoms with Gasteiger partial charge < -0.3 is 4.74 Å². The number of para-hydroxylation sites is 1. The van der Waals surface area contributed by atoms with E-state index in [4.69, 9.17) is 10.00 Å². The van der Waals surface area contributed by atoms with Crippen molar-refractivity contribution in [1.29, 1.82) is 5.26 Å². The number of nitrogens with one attached hydrogen (secondary N) is 1. The van der Waals surface area contributed by atoms with E-state index >= 15 is 0 Å². The topological polar surface area (TPSA) is 79.2 Å². The number of hydrogen-bond donors (Lipinski definition) is 1. The molecule has 0 aliphatic carbocycles. The normalized spacial score (nSPS) is 11.0. The molecule has 2 rings (SSSR count). The van der Waals surface area contributed by atoms with Crippen LogP contribution >= 0.6 is 11.3 Å². The molecule has 0 atom stereocenters. The van der Waals surface area contributed by atoms with E-state index in [2.05, 4.69) is 4.72 Å². The number of ether oxygens (including phenoxy) is 1. The van der Waals surface area contributed by atoms with Gasteiger partial charge in [0.05, 0.1) is 7.11 Å². The Kier molecular flexibility index (Phi) is 4.39. The lowest BCUT2D eigenvalue weighted by atomic mass is 10.2. The fourth-order valence-electron chi connectivity index (χ4n) is 1.62. The van der Waals surface area contributed by atoms with Gasteiger partial charge in [0.2, 0.25) is 10.0 Å². The van der Waals surface area contributed by atoms with Crippen LogP contribution in [0.25, 0.3) is 0 Å². The molecule has 0 radical (unpaired) electrons. The Morgan fingerprint density at radius 1 is 1.30 bits per heavy atom. The van der Waals surface area contributed by atoms with Gasteiger partial charge in [-0.1, -0.05) is 18.2 Å². The molecule has 5 nitrogen and oxygen atoms in total. The van der Waals surface area contributed by atoms with Crippen LogP contribution in [0.1, 0.15) is 10.4 Å². The van der Waals surface area contributed by atoms with Gasteiger partial charge in [-0.25, -0.2) is 13.1 Å². The van der Waals surface area contributed by atoms with E-state index in [1.807, 2.05) is 18.2 Å². The molecule has 0 saturated carbocycles. The average Bonchev–Trinajstić information content (AvgIpc) is 2.95. The predicted molar refractivity (Wildman–Crippen MR) is 76.1 cm³/mol. The molecule has 0 unspecified atom stereocenters. The largest absolute Gasteiger partial charge is 0.496 e. The standard InChI is InChI=1S/C13H12N2O3S2/c1-18-12-5-3-2-4-10(12)9-15-20(16,17)13-7-6-11(8-14)19-13/h2-7,15H,9H2,1H3. The molecule has 20 heavy (non-hydrogen) atoms. The first-order valence-corrected chi connectivity index (χ1v) is 7.98. The number of nitrogens with zero attached hydrogens (tertiary/aromatic N) is 1. The second kappa shape index (κ2) is 6.05. The second-order valence-corrected chi connectivity index (χ2v) is 6.94. The van der Waals surface area contributed by atoms with Crippen molar-refractivity contribution in [3.8, 4) is 11.8 Å². The van der Waals surface area contributed by atoms with Gasteiger partial charge in [-0.05, 0) is 18.2 Å². The highest BCUT2D eigenvalue weighted by molar-refractivity contribution is 7.91. The van der Waals surface area contributed by atoms with E-state index in [1.54, 1.807) is 12.1 Å². The maximum Gasteiger partial charge on any atom is 0.250 e. The van der Waals surface area contributed by atoms with Crippen molar-refractivity contribution >= 4 is 21.4 Å². The molecule has 0 amide bonds. The zero-order valence-electron chi connectivity index (χ0n) is 10.7. The van der Waals surface area contributed by atoms with Crippen molar-refractivity contribution in [2.24, 2.45) is 0 Å². The summed E-state index contributed by atoms with van der Waals surface area (Å²) in [5, 5.41) is 8.72. The fourth-order valence-corrected chi connectivity index (χ4v) is 3.77. The molecule has 1 heterocycles. The molecule has 7 heteroatoms. The maximum absolute atomic E-state index is 12.1. The molecule has 0 saturated heterocycles. The summed E-state index contributed by atoms with van der Waals surface area (Å²) in [6.45, 7) is 0.131. The molecule has 1 N–H and O–H groups in total. The molecule has 2 aromatic rings. The van der Waals surface area contributed by atoms with Crippen LogP contribution in [0.15, 0.2) is 40.6 Å². The summed E-state index contributed by atoms with van der Waals surface area (Å²) in [6, 6.07) is 12.0. The number of thiophene rings is 1. The number of methoxy groups -OCH3 is 1. The van der Waals surface area contributed by atoms with E-state index in [1.165, 1.54) is 19.2 Å². The summed E-state index contributed by atoms with van der Waals surface area (Å²) < 4.78 is 32.0. The molecular formula is C13H12N2O3S2. The van der Waals surface area contributed by atoms with E-state index in [-0.39, 0.29) is 10.8 Å². The first kappa shape index (κ1) is 14.5. The zero-order chi connectivity index (χ0) is 14.6. The van der Waals surface area contributed by atoms with Crippen LogP contribution in [0, 0.1) is 11.3 Å². The third kappa shape index (κ3) is 3.17. The Bertz CT molecular complexity index is 745. The Balaban J connectivity index is 2.15. The monoisotopic (exact) mass is 308 g/mol. The van der Waals surface area contributed by atoms with Gasteiger partial charge >= 0.3 is 0 Å². The van der Waals surface area contributed by atoms with Gasteiger partial charge in [-0.2, -0.15) is 5.26 Å². The van der Waals surface area contributed by atoms with E-state index in [9.17, 15) is 8.42 Å². The molecule has 0 fully saturated rings.